The van der Waals surface area contributed by atoms with E-state index in [1.165, 1.54) is 128 Å². The Hall–Kier alpha value is 0.200. The van der Waals surface area contributed by atoms with E-state index in [1.807, 2.05) is 0 Å². The van der Waals surface area contributed by atoms with Crippen molar-refractivity contribution in [2.24, 2.45) is 92.7 Å². The van der Waals surface area contributed by atoms with Crippen LogP contribution >= 0.6 is 0 Å². The van der Waals surface area contributed by atoms with Gasteiger partial charge in [0, 0.05) is 6.42 Å². The van der Waals surface area contributed by atoms with E-state index in [0.29, 0.717) is 33.9 Å². The number of likely N-dealkylation sites (N-methyl/N-ethyl adjacent to an activating group) is 2. The maximum atomic E-state index is 10.3. The van der Waals surface area contributed by atoms with Gasteiger partial charge in [-0.1, -0.05) is 131 Å². The third kappa shape index (κ3) is 14.0. The molecule has 0 radical (unpaired) electrons. The highest BCUT2D eigenvalue weighted by atomic mass is 79.9. The van der Waals surface area contributed by atoms with E-state index in [9.17, 15) is 10.2 Å². The number of allylic oxidation sites excluding steroid dienone is 2. The number of quaternary nitrogens is 2. The fourth-order valence-electron chi connectivity index (χ4n) is 20.5. The summed E-state index contributed by atoms with van der Waals surface area (Å²) in [6, 6.07) is 0. The molecule has 0 aliphatic heterocycles. The van der Waals surface area contributed by atoms with Crippen LogP contribution in [0.1, 0.15) is 217 Å². The minimum absolute atomic E-state index is 0. The Morgan fingerprint density at radius 2 is 0.893 bits per heavy atom. The SMILES string of the molecule is CC(C)CCC[C@@H](C)[C@H]1CC[C@H]2[C@@H]3CC=C4C[C@@H](OCC[N+](C)(CCO)CCC[N+](C)(CCO)CCO[C@H]5CC[C@@]6(C)C(=CC[C@H]7[C@@H]8CC[C@H]([C@H](C)CCCC(C)C)[C@@]8(C)CC[C@@H]76)C5)CC[C@]4(C)[C@H]3CC[C@]12C.[Br-].[Br-]. The summed E-state index contributed by atoms with van der Waals surface area (Å²) < 4.78 is 15.4. The van der Waals surface area contributed by atoms with Crippen molar-refractivity contribution in [1.82, 2.24) is 0 Å². The van der Waals surface area contributed by atoms with Crippen LogP contribution in [0.25, 0.3) is 0 Å². The maximum Gasteiger partial charge on any atom is 0.102 e. The lowest BCUT2D eigenvalue weighted by atomic mass is 9.47. The molecule has 8 heteroatoms. The molecular weight excluding hydrogens is 1060 g/mol. The number of ether oxygens (including phenoxy) is 2. The number of hydrogen-bond donors (Lipinski definition) is 2. The molecule has 436 valence electrons. The third-order valence-electron chi connectivity index (χ3n) is 25.2. The quantitative estimate of drug-likeness (QED) is 0.0671. The smallest absolute Gasteiger partial charge is 0.102 e. The number of aliphatic hydroxyl groups excluding tert-OH is 2. The number of fused-ring (bicyclic) bond motifs is 10. The van der Waals surface area contributed by atoms with Crippen molar-refractivity contribution in [1.29, 1.82) is 0 Å². The average molecular weight is 1180 g/mol. The highest BCUT2D eigenvalue weighted by molar-refractivity contribution is 5.27. The van der Waals surface area contributed by atoms with E-state index >= 15 is 0 Å². The van der Waals surface area contributed by atoms with Gasteiger partial charge in [0.2, 0.25) is 0 Å². The summed E-state index contributed by atoms with van der Waals surface area (Å²) in [7, 11) is 4.67. The van der Waals surface area contributed by atoms with Crippen LogP contribution in [0.15, 0.2) is 23.3 Å². The lowest BCUT2D eigenvalue weighted by Crippen LogP contribution is -3.00. The van der Waals surface area contributed by atoms with Crippen molar-refractivity contribution in [3.63, 3.8) is 0 Å². The predicted molar refractivity (Wildman–Crippen MR) is 306 cm³/mol. The molecule has 6 fully saturated rings. The molecule has 8 rings (SSSR count). The Labute approximate surface area is 484 Å². The first-order valence-corrected chi connectivity index (χ1v) is 32.2. The van der Waals surface area contributed by atoms with Crippen LogP contribution in [0, 0.1) is 92.7 Å². The van der Waals surface area contributed by atoms with Gasteiger partial charge in [0.15, 0.2) is 0 Å². The number of aliphatic hydroxyl groups is 2. The number of rotatable bonds is 26. The second kappa shape index (κ2) is 27.1. The Morgan fingerprint density at radius 1 is 0.493 bits per heavy atom. The molecule has 0 aromatic heterocycles. The van der Waals surface area contributed by atoms with Crippen molar-refractivity contribution in [2.75, 3.05) is 79.8 Å². The summed E-state index contributed by atoms with van der Waals surface area (Å²) >= 11 is 0. The first kappa shape index (κ1) is 64.4. The number of halogens is 2. The summed E-state index contributed by atoms with van der Waals surface area (Å²) in [5, 5.41) is 20.6. The molecule has 75 heavy (non-hydrogen) atoms. The number of hydrogen-bond acceptors (Lipinski definition) is 4. The molecule has 6 nitrogen and oxygen atoms in total. The Balaban J connectivity index is 0.00000457. The van der Waals surface area contributed by atoms with Gasteiger partial charge in [0.25, 0.3) is 0 Å². The van der Waals surface area contributed by atoms with E-state index in [2.05, 4.69) is 95.5 Å². The van der Waals surface area contributed by atoms with Crippen molar-refractivity contribution < 1.29 is 62.6 Å². The van der Waals surface area contributed by atoms with Crippen LogP contribution < -0.4 is 34.0 Å². The summed E-state index contributed by atoms with van der Waals surface area (Å²) in [4.78, 5) is 0. The highest BCUT2D eigenvalue weighted by Gasteiger charge is 2.61. The summed E-state index contributed by atoms with van der Waals surface area (Å²) in [6.07, 6.45) is 37.1. The molecule has 8 aliphatic carbocycles. The topological polar surface area (TPSA) is 58.9 Å². The standard InChI is InChI=1S/C67H120N2O4.2BrH/c1-48(2)16-13-18-50(5)58-24-26-60-56-22-20-52-46-54(28-32-64(52,7)62(56)30-34-66(58,60)9)72-44-40-68(11,38-42-70)36-15-37-69(12,39-43-71)41-45-73-55-29-33-65(8)53(47-55)21-23-57-61-27-25-59(51(6)19-14-17-49(3)4)67(61,10)35-31-63(57)65;;/h20-21,48-51,54-63,70-71H,13-19,22-47H2,1-12H3;2*1H/q+2;;/p-2/t50-,51-,54+,55+,56+,57+,58-,59-,60+,61+,62+,63+,64+,65+,66-,67-,68?,69?;;/m1../s1. The normalized spacial score (nSPS) is 39.5. The minimum atomic E-state index is 0. The monoisotopic (exact) mass is 1170 g/mol. The zero-order valence-electron chi connectivity index (χ0n) is 50.9. The van der Waals surface area contributed by atoms with E-state index < -0.39 is 0 Å². The van der Waals surface area contributed by atoms with Crippen LogP contribution in [-0.2, 0) is 9.47 Å². The molecule has 0 spiro atoms. The second-order valence-electron chi connectivity index (χ2n) is 30.4. The van der Waals surface area contributed by atoms with Crippen molar-refractivity contribution in [3.8, 4) is 0 Å². The van der Waals surface area contributed by atoms with Gasteiger partial charge < -0.3 is 62.6 Å². The van der Waals surface area contributed by atoms with Crippen molar-refractivity contribution in [2.45, 2.75) is 229 Å². The molecule has 8 aliphatic rings. The van der Waals surface area contributed by atoms with Crippen LogP contribution in [0.2, 0.25) is 0 Å². The molecule has 0 bridgehead atoms. The lowest BCUT2D eigenvalue weighted by Gasteiger charge is -2.58. The van der Waals surface area contributed by atoms with Crippen molar-refractivity contribution >= 4 is 0 Å². The molecule has 2 N–H and O–H groups in total. The molecule has 0 aromatic rings. The predicted octanol–water partition coefficient (Wildman–Crippen LogP) is 9.12. The molecule has 0 saturated heterocycles. The molecule has 0 aromatic carbocycles. The summed E-state index contributed by atoms with van der Waals surface area (Å²) in [6.45, 7) is 33.0. The zero-order chi connectivity index (χ0) is 52.4. The van der Waals surface area contributed by atoms with Gasteiger partial charge in [-0.25, -0.2) is 0 Å². The van der Waals surface area contributed by atoms with Crippen LogP contribution in [0.4, 0.5) is 0 Å². The van der Waals surface area contributed by atoms with Crippen LogP contribution in [0.3, 0.4) is 0 Å². The Bertz CT molecular complexity index is 1710. The molecular formula is C67H120Br2N2O4. The lowest BCUT2D eigenvalue weighted by molar-refractivity contribution is -0.928. The zero-order valence-corrected chi connectivity index (χ0v) is 54.1. The molecule has 18 atom stereocenters. The van der Waals surface area contributed by atoms with E-state index in [0.717, 1.165) is 152 Å². The number of nitrogens with zero attached hydrogens (tertiary/aromatic N) is 2. The Kier molecular flexibility index (Phi) is 23.2. The van der Waals surface area contributed by atoms with Gasteiger partial charge in [0.05, 0.1) is 65.8 Å². The first-order valence-electron chi connectivity index (χ1n) is 32.2. The first-order chi connectivity index (χ1) is 34.7. The molecule has 0 amide bonds. The van der Waals surface area contributed by atoms with Gasteiger partial charge in [-0.15, -0.1) is 0 Å². The van der Waals surface area contributed by atoms with Crippen LogP contribution in [-0.4, -0.2) is 111 Å². The van der Waals surface area contributed by atoms with Crippen molar-refractivity contribution in [3.05, 3.63) is 23.3 Å². The van der Waals surface area contributed by atoms with Gasteiger partial charge in [-0.05, 0) is 195 Å². The highest BCUT2D eigenvalue weighted by Crippen LogP contribution is 2.69. The van der Waals surface area contributed by atoms with Gasteiger partial charge in [0.1, 0.15) is 26.2 Å². The van der Waals surface area contributed by atoms with Crippen LogP contribution in [0.5, 0.6) is 0 Å². The third-order valence-corrected chi connectivity index (χ3v) is 25.2. The molecule has 2 unspecified atom stereocenters. The van der Waals surface area contributed by atoms with Gasteiger partial charge >= 0.3 is 0 Å². The van der Waals surface area contributed by atoms with E-state index in [4.69, 9.17) is 9.47 Å². The van der Waals surface area contributed by atoms with Gasteiger partial charge in [-0.2, -0.15) is 0 Å². The van der Waals surface area contributed by atoms with E-state index in [1.54, 1.807) is 11.1 Å². The fraction of sp³-hybridized carbons (Fsp3) is 0.940. The second-order valence-corrected chi connectivity index (χ2v) is 30.4. The summed E-state index contributed by atoms with van der Waals surface area (Å²) in [5.41, 5.74) is 5.27. The molecule has 6 saturated carbocycles. The fourth-order valence-corrected chi connectivity index (χ4v) is 20.5. The van der Waals surface area contributed by atoms with E-state index in [-0.39, 0.29) is 47.2 Å². The Morgan fingerprint density at radius 3 is 1.27 bits per heavy atom. The summed E-state index contributed by atoms with van der Waals surface area (Å²) in [5.74, 6) is 10.5. The maximum absolute atomic E-state index is 10.3. The minimum Gasteiger partial charge on any atom is -1.00 e. The molecule has 0 heterocycles. The van der Waals surface area contributed by atoms with Gasteiger partial charge in [-0.3, -0.25) is 0 Å². The largest absolute Gasteiger partial charge is 1.00 e. The average Bonchev–Trinajstić information content (AvgIpc) is 3.88.